The van der Waals surface area contributed by atoms with Crippen LogP contribution in [-0.4, -0.2) is 0 Å². The van der Waals surface area contributed by atoms with Gasteiger partial charge in [0.2, 0.25) is 0 Å². The maximum absolute atomic E-state index is 6.60. The van der Waals surface area contributed by atoms with E-state index >= 15 is 0 Å². The molecule has 0 N–H and O–H groups in total. The smallest absolute Gasteiger partial charge is 0.136 e. The lowest BCUT2D eigenvalue weighted by atomic mass is 9.97. The first kappa shape index (κ1) is 34.2. The highest BCUT2D eigenvalue weighted by Crippen LogP contribution is 2.42. The molecule has 14 aromatic rings. The summed E-state index contributed by atoms with van der Waals surface area (Å²) in [5.74, 6) is 0. The standard InChI is InChI=1S/C58H32O2S2/c1-3-13-55-45(11-1)49-25-37(17-21-57(49)61-55)33-7-5-9-35(23-33)39-15-19-43-47-27-41-28-48-44-20-16-40(30-52(44)60-54(48)32-42(41)31-53(47)59-51(43)29-39)36-10-6-8-34(24-36)38-18-22-58-50(26-38)46-12-2-4-14-56(46)62-58/h1-32H. The van der Waals surface area contributed by atoms with Crippen LogP contribution in [0, 0.1) is 0 Å². The van der Waals surface area contributed by atoms with Gasteiger partial charge in [0.1, 0.15) is 22.3 Å². The van der Waals surface area contributed by atoms with Gasteiger partial charge in [0.25, 0.3) is 0 Å². The zero-order chi connectivity index (χ0) is 40.5. The Morgan fingerprint density at radius 3 is 1.08 bits per heavy atom. The van der Waals surface area contributed by atoms with Crippen molar-refractivity contribution in [3.63, 3.8) is 0 Å². The summed E-state index contributed by atoms with van der Waals surface area (Å²) in [6, 6.07) is 70.8. The van der Waals surface area contributed by atoms with E-state index in [0.717, 1.165) is 65.8 Å². The van der Waals surface area contributed by atoms with Gasteiger partial charge in [0.05, 0.1) is 0 Å². The molecule has 0 aliphatic carbocycles. The van der Waals surface area contributed by atoms with Gasteiger partial charge in [-0.2, -0.15) is 0 Å². The Labute approximate surface area is 363 Å². The zero-order valence-corrected chi connectivity index (χ0v) is 34.7. The first-order valence-electron chi connectivity index (χ1n) is 20.9. The van der Waals surface area contributed by atoms with E-state index in [1.807, 2.05) is 22.7 Å². The van der Waals surface area contributed by atoms with Crippen LogP contribution in [0.2, 0.25) is 0 Å². The number of fused-ring (bicyclic) bond motifs is 13. The molecular weight excluding hydrogens is 793 g/mol. The van der Waals surface area contributed by atoms with Crippen molar-refractivity contribution < 1.29 is 8.83 Å². The van der Waals surface area contributed by atoms with Gasteiger partial charge >= 0.3 is 0 Å². The van der Waals surface area contributed by atoms with Gasteiger partial charge in [-0.1, -0.05) is 97.1 Å². The highest BCUT2D eigenvalue weighted by molar-refractivity contribution is 7.26. The SMILES string of the molecule is c1cc(-c2ccc3c(c2)oc2cc4cc5oc6cc(-c7cccc(-c8ccc9sc%10ccccc%10c9c8)c7)ccc6c5cc4cc23)cc(-c2ccc3sc4ccccc4c3c2)c1. The molecule has 0 atom stereocenters. The van der Waals surface area contributed by atoms with Crippen molar-refractivity contribution in [3.8, 4) is 44.5 Å². The third-order valence-electron chi connectivity index (χ3n) is 12.8. The molecule has 0 saturated carbocycles. The van der Waals surface area contributed by atoms with E-state index in [1.54, 1.807) is 0 Å². The maximum Gasteiger partial charge on any atom is 0.136 e. The maximum atomic E-state index is 6.60. The number of hydrogen-bond acceptors (Lipinski definition) is 4. The Morgan fingerprint density at radius 1 is 0.226 bits per heavy atom. The predicted octanol–water partition coefficient (Wildman–Crippen LogP) is 18.0. The largest absolute Gasteiger partial charge is 0.456 e. The van der Waals surface area contributed by atoms with Gasteiger partial charge in [-0.3, -0.25) is 0 Å². The first-order chi connectivity index (χ1) is 30.6. The van der Waals surface area contributed by atoms with Gasteiger partial charge in [-0.05, 0) is 152 Å². The zero-order valence-electron chi connectivity index (χ0n) is 33.1. The quantitative estimate of drug-likeness (QED) is 0.177. The second-order valence-corrected chi connectivity index (χ2v) is 18.6. The van der Waals surface area contributed by atoms with Crippen LogP contribution in [0.15, 0.2) is 203 Å². The third kappa shape index (κ3) is 5.27. The topological polar surface area (TPSA) is 26.3 Å². The van der Waals surface area contributed by atoms with Crippen LogP contribution < -0.4 is 0 Å². The minimum absolute atomic E-state index is 0.874. The van der Waals surface area contributed by atoms with Gasteiger partial charge < -0.3 is 8.83 Å². The highest BCUT2D eigenvalue weighted by atomic mass is 32.1. The van der Waals surface area contributed by atoms with Crippen LogP contribution in [0.3, 0.4) is 0 Å². The van der Waals surface area contributed by atoms with Crippen LogP contribution in [0.1, 0.15) is 0 Å². The van der Waals surface area contributed by atoms with E-state index in [1.165, 1.54) is 73.7 Å². The second kappa shape index (κ2) is 13.0. The molecule has 0 bridgehead atoms. The summed E-state index contributed by atoms with van der Waals surface area (Å²) < 4.78 is 18.5. The van der Waals surface area contributed by atoms with Crippen molar-refractivity contribution in [3.05, 3.63) is 194 Å². The fraction of sp³-hybridized carbons (Fsp3) is 0. The minimum atomic E-state index is 0.874. The van der Waals surface area contributed by atoms with Gasteiger partial charge in [-0.25, -0.2) is 0 Å². The van der Waals surface area contributed by atoms with Gasteiger partial charge in [-0.15, -0.1) is 22.7 Å². The molecule has 62 heavy (non-hydrogen) atoms. The molecule has 14 rings (SSSR count). The summed E-state index contributed by atoms with van der Waals surface area (Å²) in [6.45, 7) is 0. The van der Waals surface area contributed by atoms with E-state index in [9.17, 15) is 0 Å². The fourth-order valence-electron chi connectivity index (χ4n) is 9.72. The van der Waals surface area contributed by atoms with E-state index in [-0.39, 0.29) is 0 Å². The molecule has 0 radical (unpaired) electrons. The molecule has 0 aliphatic heterocycles. The van der Waals surface area contributed by atoms with E-state index in [0.29, 0.717) is 0 Å². The number of thiophene rings is 2. The number of rotatable bonds is 4. The monoisotopic (exact) mass is 824 g/mol. The van der Waals surface area contributed by atoms with Crippen LogP contribution in [0.4, 0.5) is 0 Å². The Morgan fingerprint density at radius 2 is 0.597 bits per heavy atom. The normalized spacial score (nSPS) is 12.2. The first-order valence-corrected chi connectivity index (χ1v) is 22.6. The summed E-state index contributed by atoms with van der Waals surface area (Å²) in [7, 11) is 0. The summed E-state index contributed by atoms with van der Waals surface area (Å²) in [6.07, 6.45) is 0. The lowest BCUT2D eigenvalue weighted by Gasteiger charge is -2.07. The van der Waals surface area contributed by atoms with Gasteiger partial charge in [0, 0.05) is 61.9 Å². The van der Waals surface area contributed by atoms with E-state index in [2.05, 4.69) is 194 Å². The predicted molar refractivity (Wildman–Crippen MR) is 266 cm³/mol. The fourth-order valence-corrected chi connectivity index (χ4v) is 11.9. The molecule has 4 aromatic heterocycles. The molecule has 0 saturated heterocycles. The molecule has 2 nitrogen and oxygen atoms in total. The molecule has 0 amide bonds. The molecule has 0 spiro atoms. The summed E-state index contributed by atoms with van der Waals surface area (Å²) >= 11 is 3.71. The van der Waals surface area contributed by atoms with Crippen LogP contribution in [0.25, 0.3) is 140 Å². The lowest BCUT2D eigenvalue weighted by Crippen LogP contribution is -1.82. The molecule has 10 aromatic carbocycles. The van der Waals surface area contributed by atoms with Crippen LogP contribution in [0.5, 0.6) is 0 Å². The van der Waals surface area contributed by atoms with Gasteiger partial charge in [0.15, 0.2) is 0 Å². The van der Waals surface area contributed by atoms with Crippen molar-refractivity contribution in [2.24, 2.45) is 0 Å². The summed E-state index contributed by atoms with van der Waals surface area (Å²) in [4.78, 5) is 0. The molecule has 0 unspecified atom stereocenters. The summed E-state index contributed by atoms with van der Waals surface area (Å²) in [5, 5.41) is 12.0. The molecule has 4 heterocycles. The Kier molecular flexibility index (Phi) is 7.18. The highest BCUT2D eigenvalue weighted by Gasteiger charge is 2.16. The molecule has 4 heteroatoms. The molecule has 0 fully saturated rings. The Balaban J connectivity index is 0.797. The molecule has 288 valence electrons. The van der Waals surface area contributed by atoms with Crippen molar-refractivity contribution in [2.45, 2.75) is 0 Å². The Hall–Kier alpha value is -7.50. The number of hydrogen-bond donors (Lipinski definition) is 0. The Bertz CT molecular complexity index is 3910. The van der Waals surface area contributed by atoms with Crippen molar-refractivity contribution in [2.75, 3.05) is 0 Å². The average molecular weight is 825 g/mol. The summed E-state index contributed by atoms with van der Waals surface area (Å²) in [5.41, 5.74) is 13.0. The van der Waals surface area contributed by atoms with Crippen LogP contribution >= 0.6 is 22.7 Å². The number of furan rings is 2. The van der Waals surface area contributed by atoms with Crippen molar-refractivity contribution in [1.29, 1.82) is 0 Å². The lowest BCUT2D eigenvalue weighted by molar-refractivity contribution is 0.669. The molecule has 0 aliphatic rings. The third-order valence-corrected chi connectivity index (χ3v) is 15.1. The molecular formula is C58H32O2S2. The number of benzene rings is 10. The van der Waals surface area contributed by atoms with E-state index < -0.39 is 0 Å². The van der Waals surface area contributed by atoms with Crippen molar-refractivity contribution >= 4 is 118 Å². The minimum Gasteiger partial charge on any atom is -0.456 e. The van der Waals surface area contributed by atoms with E-state index in [4.69, 9.17) is 8.83 Å². The second-order valence-electron chi connectivity index (χ2n) is 16.4. The van der Waals surface area contributed by atoms with Crippen molar-refractivity contribution in [1.82, 2.24) is 0 Å². The van der Waals surface area contributed by atoms with Crippen LogP contribution in [-0.2, 0) is 0 Å². The average Bonchev–Trinajstić information content (AvgIpc) is 4.09.